The van der Waals surface area contributed by atoms with E-state index in [0.29, 0.717) is 45.6 Å². The second-order valence-electron chi connectivity index (χ2n) is 6.29. The first-order valence-electron chi connectivity index (χ1n) is 8.28. The Kier molecular flexibility index (Phi) is 3.50. The number of allylic oxidation sites excluding steroid dienone is 1. The summed E-state index contributed by atoms with van der Waals surface area (Å²) in [7, 11) is 3.29. The third kappa shape index (κ3) is 2.12. The van der Waals surface area contributed by atoms with Gasteiger partial charge in [-0.2, -0.15) is 0 Å². The molecule has 0 saturated carbocycles. The third-order valence-corrected chi connectivity index (χ3v) is 4.60. The summed E-state index contributed by atoms with van der Waals surface area (Å²) in [5.74, 6) is 1.86. The minimum Gasteiger partial charge on any atom is -0.460 e. The first kappa shape index (κ1) is 16.2. The fraction of sp³-hybridized carbons (Fsp3) is 0.200. The summed E-state index contributed by atoms with van der Waals surface area (Å²) in [5, 5.41) is 0. The molecule has 4 heterocycles. The van der Waals surface area contributed by atoms with Gasteiger partial charge in [0.1, 0.15) is 22.9 Å². The van der Waals surface area contributed by atoms with Crippen molar-refractivity contribution in [1.29, 1.82) is 0 Å². The topological polar surface area (TPSA) is 66.9 Å². The van der Waals surface area contributed by atoms with Crippen molar-refractivity contribution in [3.8, 4) is 0 Å². The van der Waals surface area contributed by atoms with Gasteiger partial charge in [0.2, 0.25) is 0 Å². The van der Waals surface area contributed by atoms with E-state index >= 15 is 0 Å². The molecule has 0 aromatic carbocycles. The molecule has 0 unspecified atom stereocenters. The highest BCUT2D eigenvalue weighted by molar-refractivity contribution is 6.29. The molecule has 0 N–H and O–H groups in total. The zero-order valence-corrected chi connectivity index (χ0v) is 15.0. The van der Waals surface area contributed by atoms with Gasteiger partial charge in [-0.3, -0.25) is 9.59 Å². The van der Waals surface area contributed by atoms with Crippen LogP contribution in [0.4, 0.5) is 0 Å². The number of hydrogen-bond donors (Lipinski definition) is 0. The van der Waals surface area contributed by atoms with Crippen LogP contribution in [-0.2, 0) is 9.59 Å². The fourth-order valence-electron chi connectivity index (χ4n) is 3.40. The van der Waals surface area contributed by atoms with Crippen molar-refractivity contribution in [2.45, 2.75) is 13.8 Å². The van der Waals surface area contributed by atoms with Crippen LogP contribution in [0.1, 0.15) is 30.0 Å². The molecule has 0 bridgehead atoms. The highest BCUT2D eigenvalue weighted by Gasteiger charge is 2.48. The lowest BCUT2D eigenvalue weighted by molar-refractivity contribution is -0.123. The molecule has 2 aliphatic rings. The monoisotopic (exact) mass is 350 g/mol. The van der Waals surface area contributed by atoms with Gasteiger partial charge in [-0.25, -0.2) is 0 Å². The van der Waals surface area contributed by atoms with E-state index in [1.807, 2.05) is 38.1 Å². The van der Waals surface area contributed by atoms with Crippen LogP contribution in [0, 0.1) is 6.92 Å². The predicted octanol–water partition coefficient (Wildman–Crippen LogP) is 3.28. The summed E-state index contributed by atoms with van der Waals surface area (Å²) in [6, 6.07) is 7.16. The van der Waals surface area contributed by atoms with E-state index in [1.165, 1.54) is 9.80 Å². The third-order valence-electron chi connectivity index (χ3n) is 4.60. The largest absolute Gasteiger partial charge is 0.460 e. The minimum atomic E-state index is -0.249. The summed E-state index contributed by atoms with van der Waals surface area (Å²) in [6.45, 7) is 3.71. The van der Waals surface area contributed by atoms with Gasteiger partial charge in [-0.15, -0.1) is 0 Å². The molecule has 132 valence electrons. The number of rotatable bonds is 3. The molecular weight excluding hydrogens is 332 g/mol. The molecule has 2 aliphatic heterocycles. The zero-order chi connectivity index (χ0) is 18.6. The number of fused-ring (bicyclic) bond motifs is 1. The van der Waals surface area contributed by atoms with Gasteiger partial charge in [-0.1, -0.05) is 6.08 Å². The fourth-order valence-corrected chi connectivity index (χ4v) is 3.40. The van der Waals surface area contributed by atoms with Crippen molar-refractivity contribution < 1.29 is 18.4 Å². The lowest BCUT2D eigenvalue weighted by Crippen LogP contribution is -2.25. The Bertz CT molecular complexity index is 1030. The van der Waals surface area contributed by atoms with Gasteiger partial charge in [0.25, 0.3) is 11.8 Å². The molecule has 0 radical (unpaired) electrons. The van der Waals surface area contributed by atoms with E-state index in [9.17, 15) is 9.59 Å². The molecule has 6 heteroatoms. The second-order valence-corrected chi connectivity index (χ2v) is 6.29. The van der Waals surface area contributed by atoms with Crippen molar-refractivity contribution in [2.24, 2.45) is 0 Å². The smallest absolute Gasteiger partial charge is 0.261 e. The van der Waals surface area contributed by atoms with Crippen LogP contribution in [0.15, 0.2) is 50.3 Å². The maximum absolute atomic E-state index is 12.9. The molecule has 0 atom stereocenters. The Morgan fingerprint density at radius 3 is 1.88 bits per heavy atom. The van der Waals surface area contributed by atoms with E-state index in [1.54, 1.807) is 26.2 Å². The molecule has 6 nitrogen and oxygen atoms in total. The molecule has 2 amide bonds. The predicted molar refractivity (Wildman–Crippen MR) is 96.2 cm³/mol. The molecule has 0 aliphatic carbocycles. The second kappa shape index (κ2) is 5.62. The van der Waals surface area contributed by atoms with Crippen molar-refractivity contribution in [2.75, 3.05) is 14.1 Å². The highest BCUT2D eigenvalue weighted by Crippen LogP contribution is 2.45. The van der Waals surface area contributed by atoms with Crippen LogP contribution in [-0.4, -0.2) is 35.7 Å². The van der Waals surface area contributed by atoms with Crippen molar-refractivity contribution in [1.82, 2.24) is 9.80 Å². The van der Waals surface area contributed by atoms with Crippen molar-refractivity contribution >= 4 is 29.3 Å². The van der Waals surface area contributed by atoms with E-state index in [-0.39, 0.29) is 11.8 Å². The molecule has 0 fully saturated rings. The quantitative estimate of drug-likeness (QED) is 0.852. The van der Waals surface area contributed by atoms with E-state index in [4.69, 9.17) is 8.83 Å². The van der Waals surface area contributed by atoms with E-state index < -0.39 is 0 Å². The number of furan rings is 2. The SMILES string of the molecule is C/C=C/c1ccc(C2=C3C(=O)N(C)C(c4ccc(C)o4)=C3C(=O)N2C)o1. The van der Waals surface area contributed by atoms with Gasteiger partial charge >= 0.3 is 0 Å². The summed E-state index contributed by atoms with van der Waals surface area (Å²) in [5.41, 5.74) is 1.68. The molecular formula is C20H18N2O4. The van der Waals surface area contributed by atoms with Gasteiger partial charge in [0, 0.05) is 14.1 Å². The van der Waals surface area contributed by atoms with E-state index in [0.717, 1.165) is 0 Å². The van der Waals surface area contributed by atoms with Crippen molar-refractivity contribution in [3.63, 3.8) is 0 Å². The van der Waals surface area contributed by atoms with Gasteiger partial charge < -0.3 is 18.6 Å². The molecule has 26 heavy (non-hydrogen) atoms. The van der Waals surface area contributed by atoms with E-state index in [2.05, 4.69) is 0 Å². The number of aryl methyl sites for hydroxylation is 1. The Labute approximate surface area is 150 Å². The van der Waals surface area contributed by atoms with Crippen LogP contribution in [0.5, 0.6) is 0 Å². The number of likely N-dealkylation sites (N-methyl/N-ethyl adjacent to an activating group) is 2. The minimum absolute atomic E-state index is 0.249. The Balaban J connectivity index is 1.95. The average molecular weight is 350 g/mol. The first-order chi connectivity index (χ1) is 12.4. The number of hydrogen-bond acceptors (Lipinski definition) is 4. The summed E-state index contributed by atoms with van der Waals surface area (Å²) in [6.07, 6.45) is 3.68. The lowest BCUT2D eigenvalue weighted by Gasteiger charge is -2.17. The summed E-state index contributed by atoms with van der Waals surface area (Å²) in [4.78, 5) is 28.8. The standard InChI is InChI=1S/C20H18N2O4/c1-5-6-12-8-10-14(26-12)18-16-15(19(23)22(18)4)17(21(3)20(16)24)13-9-7-11(2)25-13/h5-10H,1-4H3/b6-5+. The number of carbonyl (C=O) groups excluding carboxylic acids is 2. The zero-order valence-electron chi connectivity index (χ0n) is 15.0. The normalized spacial score (nSPS) is 17.5. The number of nitrogens with zero attached hydrogens (tertiary/aromatic N) is 2. The maximum atomic E-state index is 12.9. The number of amides is 2. The molecule has 4 rings (SSSR count). The summed E-state index contributed by atoms with van der Waals surface area (Å²) >= 11 is 0. The Hall–Kier alpha value is -3.28. The lowest BCUT2D eigenvalue weighted by atomic mass is 10.1. The average Bonchev–Trinajstić information content (AvgIpc) is 3.34. The van der Waals surface area contributed by atoms with Gasteiger partial charge in [0.15, 0.2) is 11.5 Å². The molecule has 0 saturated heterocycles. The van der Waals surface area contributed by atoms with Crippen LogP contribution < -0.4 is 0 Å². The van der Waals surface area contributed by atoms with Gasteiger partial charge in [-0.05, 0) is 44.2 Å². The van der Waals surface area contributed by atoms with Crippen molar-refractivity contribution in [3.05, 3.63) is 64.5 Å². The molecule has 2 aromatic rings. The first-order valence-corrected chi connectivity index (χ1v) is 8.28. The van der Waals surface area contributed by atoms with Gasteiger partial charge in [0.05, 0.1) is 11.1 Å². The van der Waals surface area contributed by atoms with Crippen LogP contribution in [0.2, 0.25) is 0 Å². The Morgan fingerprint density at radius 2 is 1.38 bits per heavy atom. The number of carbonyl (C=O) groups is 2. The molecule has 2 aromatic heterocycles. The molecule has 0 spiro atoms. The van der Waals surface area contributed by atoms with Crippen LogP contribution >= 0.6 is 0 Å². The van der Waals surface area contributed by atoms with Crippen LogP contribution in [0.25, 0.3) is 17.5 Å². The Morgan fingerprint density at radius 1 is 0.846 bits per heavy atom. The summed E-state index contributed by atoms with van der Waals surface area (Å²) < 4.78 is 11.5. The highest BCUT2D eigenvalue weighted by atomic mass is 16.3. The maximum Gasteiger partial charge on any atom is 0.261 e. The van der Waals surface area contributed by atoms with Crippen LogP contribution in [0.3, 0.4) is 0 Å².